The second-order valence-corrected chi connectivity index (χ2v) is 9.77. The molecule has 4 rings (SSSR count). The van der Waals surface area contributed by atoms with Gasteiger partial charge in [-0.15, -0.1) is 0 Å². The van der Waals surface area contributed by atoms with Gasteiger partial charge in [-0.1, -0.05) is 30.3 Å². The molecule has 0 fully saturated rings. The predicted octanol–water partition coefficient (Wildman–Crippen LogP) is 3.37. The zero-order chi connectivity index (χ0) is 27.4. The summed E-state index contributed by atoms with van der Waals surface area (Å²) in [6.07, 6.45) is 1.60. The third-order valence-electron chi connectivity index (χ3n) is 5.57. The number of nitrogens with zero attached hydrogens (tertiary/aromatic N) is 2. The summed E-state index contributed by atoms with van der Waals surface area (Å²) in [5, 5.41) is 0. The van der Waals surface area contributed by atoms with Gasteiger partial charge in [-0.2, -0.15) is 0 Å². The Balaban J connectivity index is 1.79. The van der Waals surface area contributed by atoms with Crippen LogP contribution < -0.4 is 23.8 Å². The molecule has 1 aliphatic rings. The van der Waals surface area contributed by atoms with Gasteiger partial charge in [0, 0.05) is 12.5 Å². The van der Waals surface area contributed by atoms with E-state index in [9.17, 15) is 18.0 Å². The Bertz CT molecular complexity index is 1520. The maximum atomic E-state index is 13.6. The molecule has 0 unspecified atom stereocenters. The van der Waals surface area contributed by atoms with Crippen LogP contribution in [-0.2, 0) is 19.6 Å². The summed E-state index contributed by atoms with van der Waals surface area (Å²) in [6.45, 7) is 1.11. The van der Waals surface area contributed by atoms with E-state index in [4.69, 9.17) is 14.2 Å². The van der Waals surface area contributed by atoms with E-state index in [2.05, 4.69) is 4.99 Å². The number of ether oxygens (including phenoxy) is 3. The first kappa shape index (κ1) is 26.4. The Labute approximate surface area is 220 Å². The van der Waals surface area contributed by atoms with Crippen LogP contribution in [0.25, 0.3) is 6.08 Å². The molecule has 196 valence electrons. The summed E-state index contributed by atoms with van der Waals surface area (Å²) in [6, 6.07) is 18.1. The molecular weight excluding hydrogens is 510 g/mol. The summed E-state index contributed by atoms with van der Waals surface area (Å²) in [5.41, 5.74) is 1.82. The highest BCUT2D eigenvalue weighted by molar-refractivity contribution is 7.90. The predicted molar refractivity (Wildman–Crippen MR) is 142 cm³/mol. The number of carbonyl (C=O) groups excluding carboxylic acids is 2. The first-order valence-electron chi connectivity index (χ1n) is 11.3. The van der Waals surface area contributed by atoms with Gasteiger partial charge in [0.2, 0.25) is 11.7 Å². The van der Waals surface area contributed by atoms with Crippen molar-refractivity contribution in [2.75, 3.05) is 26.2 Å². The SMILES string of the molecule is COc1cc(/C=C2/N=C(c3ccccc3)N(c3ccc(S(=O)(=O)NC(C)=O)cc3)C2=O)cc(OC)c1OC. The largest absolute Gasteiger partial charge is 0.493 e. The summed E-state index contributed by atoms with van der Waals surface area (Å²) in [4.78, 5) is 30.8. The summed E-state index contributed by atoms with van der Waals surface area (Å²) >= 11 is 0. The molecule has 3 aromatic rings. The van der Waals surface area contributed by atoms with E-state index >= 15 is 0 Å². The minimum atomic E-state index is -4.03. The Morgan fingerprint density at radius 1 is 0.921 bits per heavy atom. The lowest BCUT2D eigenvalue weighted by Crippen LogP contribution is -2.33. The highest BCUT2D eigenvalue weighted by atomic mass is 32.2. The van der Waals surface area contributed by atoms with E-state index in [-0.39, 0.29) is 10.6 Å². The molecule has 0 aromatic heterocycles. The van der Waals surface area contributed by atoms with Crippen LogP contribution in [0.2, 0.25) is 0 Å². The van der Waals surface area contributed by atoms with Crippen LogP contribution >= 0.6 is 0 Å². The van der Waals surface area contributed by atoms with Gasteiger partial charge in [-0.3, -0.25) is 14.5 Å². The average molecular weight is 536 g/mol. The molecular formula is C27H25N3O7S. The van der Waals surface area contributed by atoms with Gasteiger partial charge in [0.1, 0.15) is 11.5 Å². The van der Waals surface area contributed by atoms with Crippen LogP contribution in [-0.4, -0.2) is 47.4 Å². The van der Waals surface area contributed by atoms with E-state index in [0.717, 1.165) is 6.92 Å². The zero-order valence-corrected chi connectivity index (χ0v) is 21.9. The van der Waals surface area contributed by atoms with Crippen molar-refractivity contribution in [1.29, 1.82) is 0 Å². The molecule has 2 amide bonds. The summed E-state index contributed by atoms with van der Waals surface area (Å²) < 4.78 is 42.8. The van der Waals surface area contributed by atoms with Crippen molar-refractivity contribution in [3.63, 3.8) is 0 Å². The van der Waals surface area contributed by atoms with Crippen LogP contribution in [0.1, 0.15) is 18.1 Å². The molecule has 3 aromatic carbocycles. The van der Waals surface area contributed by atoms with Crippen molar-refractivity contribution in [3.05, 3.63) is 83.6 Å². The summed E-state index contributed by atoms with van der Waals surface area (Å²) in [7, 11) is 0.468. The number of carbonyl (C=O) groups is 2. The first-order chi connectivity index (χ1) is 18.2. The number of aliphatic imine (C=N–C) groups is 1. The number of amidine groups is 1. The highest BCUT2D eigenvalue weighted by Crippen LogP contribution is 2.39. The van der Waals surface area contributed by atoms with E-state index in [1.165, 1.54) is 50.5 Å². The van der Waals surface area contributed by atoms with Crippen molar-refractivity contribution in [2.45, 2.75) is 11.8 Å². The van der Waals surface area contributed by atoms with Gasteiger partial charge in [0.25, 0.3) is 15.9 Å². The van der Waals surface area contributed by atoms with Crippen molar-refractivity contribution >= 4 is 39.4 Å². The smallest absolute Gasteiger partial charge is 0.282 e. The van der Waals surface area contributed by atoms with E-state index < -0.39 is 21.8 Å². The minimum Gasteiger partial charge on any atom is -0.493 e. The normalized spacial score (nSPS) is 14.3. The lowest BCUT2D eigenvalue weighted by Gasteiger charge is -2.19. The maximum Gasteiger partial charge on any atom is 0.282 e. The third-order valence-corrected chi connectivity index (χ3v) is 7.02. The second kappa shape index (κ2) is 10.8. The van der Waals surface area contributed by atoms with Crippen molar-refractivity contribution in [2.24, 2.45) is 4.99 Å². The molecule has 38 heavy (non-hydrogen) atoms. The quantitative estimate of drug-likeness (QED) is 0.439. The van der Waals surface area contributed by atoms with Crippen LogP contribution in [0.3, 0.4) is 0 Å². The molecule has 0 bridgehead atoms. The van der Waals surface area contributed by atoms with Crippen molar-refractivity contribution in [1.82, 2.24) is 4.72 Å². The number of benzene rings is 3. The molecule has 11 heteroatoms. The zero-order valence-electron chi connectivity index (χ0n) is 21.1. The number of nitrogens with one attached hydrogen (secondary N) is 1. The Morgan fingerprint density at radius 2 is 1.53 bits per heavy atom. The molecule has 1 aliphatic heterocycles. The number of methoxy groups -OCH3 is 3. The number of rotatable bonds is 8. The molecule has 1 N–H and O–H groups in total. The monoisotopic (exact) mass is 535 g/mol. The molecule has 0 saturated carbocycles. The Kier molecular flexibility index (Phi) is 7.49. The van der Waals surface area contributed by atoms with E-state index in [1.54, 1.807) is 18.2 Å². The maximum absolute atomic E-state index is 13.6. The fourth-order valence-electron chi connectivity index (χ4n) is 3.90. The molecule has 10 nitrogen and oxygen atoms in total. The lowest BCUT2D eigenvalue weighted by molar-refractivity contribution is -0.117. The molecule has 0 aliphatic carbocycles. The van der Waals surface area contributed by atoms with Gasteiger partial charge in [-0.25, -0.2) is 18.1 Å². The fourth-order valence-corrected chi connectivity index (χ4v) is 4.89. The molecule has 1 heterocycles. The molecule has 0 radical (unpaired) electrons. The summed E-state index contributed by atoms with van der Waals surface area (Å²) in [5.74, 6) is 0.499. The molecule has 0 saturated heterocycles. The van der Waals surface area contributed by atoms with E-state index in [0.29, 0.717) is 39.9 Å². The van der Waals surface area contributed by atoms with Gasteiger partial charge in [0.05, 0.1) is 31.9 Å². The molecule has 0 atom stereocenters. The number of sulfonamides is 1. The van der Waals surface area contributed by atoms with Crippen LogP contribution in [0.5, 0.6) is 17.2 Å². The minimum absolute atomic E-state index is 0.116. The topological polar surface area (TPSA) is 124 Å². The van der Waals surface area contributed by atoms with Crippen LogP contribution in [0.15, 0.2) is 82.3 Å². The van der Waals surface area contributed by atoms with Crippen LogP contribution in [0, 0.1) is 0 Å². The standard InChI is InChI=1S/C27H25N3O7S/c1-17(31)29-38(33,34)21-12-10-20(11-13-21)30-26(19-8-6-5-7-9-19)28-22(27(30)32)14-18-15-23(35-2)25(37-4)24(16-18)36-3/h5-16H,1-4H3,(H,29,31)/b22-14+. The van der Waals surface area contributed by atoms with Gasteiger partial charge < -0.3 is 14.2 Å². The van der Waals surface area contributed by atoms with Gasteiger partial charge in [-0.05, 0) is 48.0 Å². The fraction of sp³-hybridized carbons (Fsp3) is 0.148. The Morgan fingerprint density at radius 3 is 2.05 bits per heavy atom. The molecule has 0 spiro atoms. The third kappa shape index (κ3) is 5.23. The second-order valence-electron chi connectivity index (χ2n) is 8.09. The van der Waals surface area contributed by atoms with Gasteiger partial charge in [0.15, 0.2) is 11.5 Å². The van der Waals surface area contributed by atoms with Gasteiger partial charge >= 0.3 is 0 Å². The number of anilines is 1. The number of hydrogen-bond acceptors (Lipinski definition) is 8. The van der Waals surface area contributed by atoms with Crippen LogP contribution in [0.4, 0.5) is 5.69 Å². The number of amides is 2. The average Bonchev–Trinajstić information content (AvgIpc) is 3.23. The number of hydrogen-bond donors (Lipinski definition) is 1. The van der Waals surface area contributed by atoms with E-state index in [1.807, 2.05) is 35.1 Å². The first-order valence-corrected chi connectivity index (χ1v) is 12.8. The highest BCUT2D eigenvalue weighted by Gasteiger charge is 2.33. The van der Waals surface area contributed by atoms with Crippen molar-refractivity contribution < 1.29 is 32.2 Å². The Hall–Kier alpha value is -4.64. The van der Waals surface area contributed by atoms with Crippen molar-refractivity contribution in [3.8, 4) is 17.2 Å². The lowest BCUT2D eigenvalue weighted by atomic mass is 10.1.